The highest BCUT2D eigenvalue weighted by Gasteiger charge is 2.34. The van der Waals surface area contributed by atoms with Crippen LogP contribution in [0.15, 0.2) is 42.5 Å². The molecule has 0 saturated carbocycles. The van der Waals surface area contributed by atoms with Crippen LogP contribution in [0, 0.1) is 18.8 Å². The summed E-state index contributed by atoms with van der Waals surface area (Å²) in [5, 5.41) is 0. The molecule has 3 nitrogen and oxygen atoms in total. The van der Waals surface area contributed by atoms with Crippen LogP contribution >= 0.6 is 0 Å². The van der Waals surface area contributed by atoms with Gasteiger partial charge in [-0.2, -0.15) is 0 Å². The Kier molecular flexibility index (Phi) is 5.31. The lowest BCUT2D eigenvalue weighted by atomic mass is 9.85. The van der Waals surface area contributed by atoms with Crippen molar-refractivity contribution in [2.24, 2.45) is 11.8 Å². The lowest BCUT2D eigenvalue weighted by Crippen LogP contribution is -2.34. The summed E-state index contributed by atoms with van der Waals surface area (Å²) in [6, 6.07) is 14.8. The third-order valence-electron chi connectivity index (χ3n) is 6.30. The average Bonchev–Trinajstić information content (AvgIpc) is 2.98. The van der Waals surface area contributed by atoms with Crippen molar-refractivity contribution in [1.82, 2.24) is 4.90 Å². The first-order valence-electron chi connectivity index (χ1n) is 10.1. The fraction of sp³-hybridized carbons (Fsp3) is 0.458. The number of benzene rings is 2. The summed E-state index contributed by atoms with van der Waals surface area (Å²) in [5.74, 6) is 2.08. The Morgan fingerprint density at radius 3 is 2.56 bits per heavy atom. The van der Waals surface area contributed by atoms with E-state index in [0.29, 0.717) is 11.7 Å². The van der Waals surface area contributed by atoms with E-state index in [1.807, 2.05) is 13.0 Å². The van der Waals surface area contributed by atoms with E-state index in [9.17, 15) is 4.79 Å². The van der Waals surface area contributed by atoms with Crippen LogP contribution in [0.1, 0.15) is 46.3 Å². The third-order valence-corrected chi connectivity index (χ3v) is 6.30. The first-order chi connectivity index (χ1) is 13.1. The summed E-state index contributed by atoms with van der Waals surface area (Å²) in [6.07, 6.45) is 4.33. The van der Waals surface area contributed by atoms with Crippen LogP contribution in [0.5, 0.6) is 5.75 Å². The maximum Gasteiger partial charge on any atom is 0.166 e. The van der Waals surface area contributed by atoms with Crippen LogP contribution in [0.4, 0.5) is 0 Å². The Morgan fingerprint density at radius 2 is 1.85 bits per heavy atom. The maximum absolute atomic E-state index is 12.9. The predicted molar refractivity (Wildman–Crippen MR) is 108 cm³/mol. The number of fused-ring (bicyclic) bond motifs is 1. The number of aryl methyl sites for hydroxylation is 1. The molecule has 1 saturated heterocycles. The molecule has 4 rings (SSSR count). The molecule has 1 aliphatic heterocycles. The number of hydrogen-bond acceptors (Lipinski definition) is 3. The normalized spacial score (nSPS) is 20.7. The number of nitrogens with zero attached hydrogens (tertiary/aromatic N) is 1. The topological polar surface area (TPSA) is 29.5 Å². The summed E-state index contributed by atoms with van der Waals surface area (Å²) in [7, 11) is 1.70. The summed E-state index contributed by atoms with van der Waals surface area (Å²) in [5.41, 5.74) is 4.55. The van der Waals surface area contributed by atoms with Crippen molar-refractivity contribution in [2.45, 2.75) is 39.2 Å². The second kappa shape index (κ2) is 7.85. The molecule has 0 spiro atoms. The van der Waals surface area contributed by atoms with E-state index in [2.05, 4.69) is 41.3 Å². The minimum absolute atomic E-state index is 0.164. The zero-order valence-corrected chi connectivity index (χ0v) is 16.4. The van der Waals surface area contributed by atoms with Crippen LogP contribution in [0.3, 0.4) is 0 Å². The Hall–Kier alpha value is -2.13. The van der Waals surface area contributed by atoms with Gasteiger partial charge in [0.1, 0.15) is 5.75 Å². The van der Waals surface area contributed by atoms with Crippen molar-refractivity contribution in [3.05, 3.63) is 64.7 Å². The van der Waals surface area contributed by atoms with Crippen LogP contribution in [0.25, 0.3) is 0 Å². The molecule has 0 bridgehead atoms. The number of ether oxygens (including phenoxy) is 1. The second-order valence-corrected chi connectivity index (χ2v) is 8.19. The lowest BCUT2D eigenvalue weighted by Gasteiger charge is -2.32. The molecular formula is C24H29NO2. The summed E-state index contributed by atoms with van der Waals surface area (Å²) >= 11 is 0. The summed E-state index contributed by atoms with van der Waals surface area (Å²) in [4.78, 5) is 15.4. The van der Waals surface area contributed by atoms with Gasteiger partial charge in [0.15, 0.2) is 5.78 Å². The quantitative estimate of drug-likeness (QED) is 0.774. The molecular weight excluding hydrogens is 334 g/mol. The standard InChI is InChI=1S/C24H29NO2/c1-17-12-22-20(15-23(17)27-2)14-21(24(22)26)13-18-8-10-25(11-9-18)16-19-6-4-3-5-7-19/h3-7,12,15,18,21H,8-11,13-14,16H2,1-2H3. The van der Waals surface area contributed by atoms with Gasteiger partial charge in [0.05, 0.1) is 7.11 Å². The summed E-state index contributed by atoms with van der Waals surface area (Å²) in [6.45, 7) is 5.34. The highest BCUT2D eigenvalue weighted by Crippen LogP contribution is 2.36. The molecule has 0 N–H and O–H groups in total. The molecule has 142 valence electrons. The van der Waals surface area contributed by atoms with E-state index in [1.165, 1.54) is 24.0 Å². The van der Waals surface area contributed by atoms with E-state index >= 15 is 0 Å². The molecule has 0 amide bonds. The second-order valence-electron chi connectivity index (χ2n) is 8.19. The molecule has 0 radical (unpaired) electrons. The van der Waals surface area contributed by atoms with E-state index in [0.717, 1.165) is 49.4 Å². The van der Waals surface area contributed by atoms with Gasteiger partial charge in [-0.05, 0) is 80.4 Å². The maximum atomic E-state index is 12.9. The molecule has 27 heavy (non-hydrogen) atoms. The van der Waals surface area contributed by atoms with E-state index in [4.69, 9.17) is 4.74 Å². The number of Topliss-reactive ketones (excluding diaryl/α,β-unsaturated/α-hetero) is 1. The molecule has 2 aromatic rings. The van der Waals surface area contributed by atoms with E-state index in [1.54, 1.807) is 7.11 Å². The number of methoxy groups -OCH3 is 1. The van der Waals surface area contributed by atoms with E-state index < -0.39 is 0 Å². The Bertz CT molecular complexity index is 807. The SMILES string of the molecule is COc1cc2c(cc1C)C(=O)C(CC1CCN(Cc3ccccc3)CC1)C2. The molecule has 1 aliphatic carbocycles. The van der Waals surface area contributed by atoms with Crippen molar-refractivity contribution in [3.8, 4) is 5.75 Å². The molecule has 1 heterocycles. The first-order valence-corrected chi connectivity index (χ1v) is 10.1. The molecule has 1 atom stereocenters. The fourth-order valence-electron chi connectivity index (χ4n) is 4.74. The monoisotopic (exact) mass is 363 g/mol. The largest absolute Gasteiger partial charge is 0.496 e. The van der Waals surface area contributed by atoms with Crippen LogP contribution in [-0.4, -0.2) is 30.9 Å². The van der Waals surface area contributed by atoms with Gasteiger partial charge in [-0.25, -0.2) is 0 Å². The van der Waals surface area contributed by atoms with E-state index in [-0.39, 0.29) is 5.92 Å². The average molecular weight is 364 g/mol. The molecule has 0 aromatic heterocycles. The Morgan fingerprint density at radius 1 is 1.11 bits per heavy atom. The van der Waals surface area contributed by atoms with Crippen molar-refractivity contribution in [3.63, 3.8) is 0 Å². The Balaban J connectivity index is 1.32. The molecule has 2 aromatic carbocycles. The highest BCUT2D eigenvalue weighted by molar-refractivity contribution is 6.02. The van der Waals surface area contributed by atoms with Gasteiger partial charge >= 0.3 is 0 Å². The van der Waals surface area contributed by atoms with Gasteiger partial charge in [0.25, 0.3) is 0 Å². The summed E-state index contributed by atoms with van der Waals surface area (Å²) < 4.78 is 5.43. The fourth-order valence-corrected chi connectivity index (χ4v) is 4.74. The van der Waals surface area contributed by atoms with Crippen LogP contribution in [0.2, 0.25) is 0 Å². The number of carbonyl (C=O) groups is 1. The van der Waals surface area contributed by atoms with Crippen molar-refractivity contribution < 1.29 is 9.53 Å². The zero-order valence-electron chi connectivity index (χ0n) is 16.4. The molecule has 3 heteroatoms. The number of carbonyl (C=O) groups excluding carboxylic acids is 1. The number of likely N-dealkylation sites (tertiary alicyclic amines) is 1. The number of hydrogen-bond donors (Lipinski definition) is 0. The zero-order chi connectivity index (χ0) is 18.8. The van der Waals surface area contributed by atoms with Gasteiger partial charge in [0.2, 0.25) is 0 Å². The number of ketones is 1. The number of rotatable bonds is 5. The van der Waals surface area contributed by atoms with Crippen LogP contribution in [-0.2, 0) is 13.0 Å². The molecule has 1 fully saturated rings. The van der Waals surface area contributed by atoms with Gasteiger partial charge < -0.3 is 4.74 Å². The smallest absolute Gasteiger partial charge is 0.166 e. The number of piperidine rings is 1. The van der Waals surface area contributed by atoms with Crippen molar-refractivity contribution in [1.29, 1.82) is 0 Å². The van der Waals surface area contributed by atoms with Gasteiger partial charge in [-0.3, -0.25) is 9.69 Å². The highest BCUT2D eigenvalue weighted by atomic mass is 16.5. The first kappa shape index (κ1) is 18.2. The Labute approximate surface area is 162 Å². The molecule has 1 unspecified atom stereocenters. The van der Waals surface area contributed by atoms with Crippen molar-refractivity contribution >= 4 is 5.78 Å². The predicted octanol–water partition coefficient (Wildman–Crippen LogP) is 4.66. The van der Waals surface area contributed by atoms with Crippen molar-refractivity contribution in [2.75, 3.05) is 20.2 Å². The minimum Gasteiger partial charge on any atom is -0.496 e. The van der Waals surface area contributed by atoms with Crippen LogP contribution < -0.4 is 4.74 Å². The van der Waals surface area contributed by atoms with Gasteiger partial charge in [0, 0.05) is 18.0 Å². The van der Waals surface area contributed by atoms with Gasteiger partial charge in [-0.1, -0.05) is 30.3 Å². The molecule has 2 aliphatic rings. The third kappa shape index (κ3) is 3.93. The lowest BCUT2D eigenvalue weighted by molar-refractivity contribution is 0.0895. The van der Waals surface area contributed by atoms with Gasteiger partial charge in [-0.15, -0.1) is 0 Å². The minimum atomic E-state index is 0.164.